The number of carbonyl (C=O) groups is 2. The minimum atomic E-state index is -0.494. The van der Waals surface area contributed by atoms with Crippen LogP contribution >= 0.6 is 0 Å². The highest BCUT2D eigenvalue weighted by Crippen LogP contribution is 2.21. The van der Waals surface area contributed by atoms with Gasteiger partial charge in [-0.25, -0.2) is 0 Å². The van der Waals surface area contributed by atoms with Gasteiger partial charge in [-0.15, -0.1) is 0 Å². The summed E-state index contributed by atoms with van der Waals surface area (Å²) in [4.78, 5) is 27.8. The fourth-order valence-corrected chi connectivity index (χ4v) is 3.31. The van der Waals surface area contributed by atoms with E-state index in [1.54, 1.807) is 36.2 Å². The van der Waals surface area contributed by atoms with Gasteiger partial charge in [-0.3, -0.25) is 9.59 Å². The molecule has 5 heteroatoms. The van der Waals surface area contributed by atoms with Crippen molar-refractivity contribution in [3.8, 4) is 0 Å². The van der Waals surface area contributed by atoms with Crippen LogP contribution in [0.3, 0.4) is 0 Å². The van der Waals surface area contributed by atoms with Gasteiger partial charge in [0.1, 0.15) is 0 Å². The minimum Gasteiger partial charge on any atom is -0.372 e. The molecule has 0 aromatic heterocycles. The Morgan fingerprint density at radius 3 is 2.08 bits per heavy atom. The molecule has 1 aliphatic heterocycles. The van der Waals surface area contributed by atoms with E-state index in [1.165, 1.54) is 24.9 Å². The molecule has 0 unspecified atom stereocenters. The predicted octanol–water partition coefficient (Wildman–Crippen LogP) is 3.05. The van der Waals surface area contributed by atoms with Crippen molar-refractivity contribution in [1.29, 1.82) is 0 Å². The zero-order chi connectivity index (χ0) is 18.5. The molecular weight excluding hydrogens is 326 g/mol. The number of amides is 2. The Hall–Kier alpha value is -2.82. The molecule has 3 rings (SSSR count). The first-order chi connectivity index (χ1) is 12.5. The number of nitrogens with zero attached hydrogens (tertiary/aromatic N) is 2. The Bertz CT molecular complexity index is 763. The number of hydrogen-bond donors (Lipinski definition) is 1. The Morgan fingerprint density at radius 2 is 1.50 bits per heavy atom. The van der Waals surface area contributed by atoms with Crippen molar-refractivity contribution in [1.82, 2.24) is 4.90 Å². The van der Waals surface area contributed by atoms with Crippen molar-refractivity contribution in [2.75, 3.05) is 25.0 Å². The fraction of sp³-hybridized carbons (Fsp3) is 0.333. The average molecular weight is 351 g/mol. The van der Waals surface area contributed by atoms with Gasteiger partial charge in [-0.1, -0.05) is 12.1 Å². The maximum Gasteiger partial charge on any atom is 0.253 e. The van der Waals surface area contributed by atoms with Gasteiger partial charge in [0.25, 0.3) is 5.91 Å². The lowest BCUT2D eigenvalue weighted by molar-refractivity contribution is 0.0784. The standard InChI is InChI=1S/C21H25N3O2/c1-23(21(26)18-9-7-17(8-10-18)20(22)25)15-16-5-11-19(12-6-16)24-13-3-2-4-14-24/h5-12H,2-4,13-15H2,1H3,(H2,22,25). The number of piperidine rings is 1. The number of anilines is 1. The van der Waals surface area contributed by atoms with E-state index in [0.29, 0.717) is 17.7 Å². The second kappa shape index (κ2) is 8.04. The van der Waals surface area contributed by atoms with E-state index in [0.717, 1.165) is 18.7 Å². The van der Waals surface area contributed by atoms with Crippen LogP contribution in [0.15, 0.2) is 48.5 Å². The maximum atomic E-state index is 12.5. The Kier molecular flexibility index (Phi) is 5.56. The van der Waals surface area contributed by atoms with Gasteiger partial charge >= 0.3 is 0 Å². The average Bonchev–Trinajstić information content (AvgIpc) is 2.68. The quantitative estimate of drug-likeness (QED) is 0.900. The molecule has 2 aromatic carbocycles. The van der Waals surface area contributed by atoms with Crippen LogP contribution in [0, 0.1) is 0 Å². The number of benzene rings is 2. The summed E-state index contributed by atoms with van der Waals surface area (Å²) in [6.07, 6.45) is 3.84. The highest BCUT2D eigenvalue weighted by molar-refractivity contribution is 5.97. The van der Waals surface area contributed by atoms with E-state index in [4.69, 9.17) is 5.73 Å². The van der Waals surface area contributed by atoms with Crippen LogP contribution in [-0.4, -0.2) is 36.9 Å². The molecule has 0 atom stereocenters. The third-order valence-corrected chi connectivity index (χ3v) is 4.84. The zero-order valence-electron chi connectivity index (χ0n) is 15.1. The Morgan fingerprint density at radius 1 is 0.923 bits per heavy atom. The van der Waals surface area contributed by atoms with Crippen molar-refractivity contribution in [3.63, 3.8) is 0 Å². The summed E-state index contributed by atoms with van der Waals surface area (Å²) in [5.74, 6) is -0.577. The first kappa shape index (κ1) is 18.0. The predicted molar refractivity (Wildman–Crippen MR) is 103 cm³/mol. The molecule has 1 saturated heterocycles. The number of carbonyl (C=O) groups excluding carboxylic acids is 2. The van der Waals surface area contributed by atoms with Gasteiger partial charge in [-0.05, 0) is 61.2 Å². The molecule has 2 aromatic rings. The molecule has 2 N–H and O–H groups in total. The van der Waals surface area contributed by atoms with Gasteiger partial charge in [0, 0.05) is 43.5 Å². The number of primary amides is 1. The maximum absolute atomic E-state index is 12.5. The number of rotatable bonds is 5. The molecule has 1 fully saturated rings. The molecule has 5 nitrogen and oxygen atoms in total. The second-order valence-corrected chi connectivity index (χ2v) is 6.82. The van der Waals surface area contributed by atoms with Crippen LogP contribution in [0.4, 0.5) is 5.69 Å². The van der Waals surface area contributed by atoms with Crippen molar-refractivity contribution in [2.45, 2.75) is 25.8 Å². The van der Waals surface area contributed by atoms with Crippen LogP contribution in [0.1, 0.15) is 45.5 Å². The lowest BCUT2D eigenvalue weighted by Crippen LogP contribution is -2.29. The summed E-state index contributed by atoms with van der Waals surface area (Å²) in [5.41, 5.74) is 8.52. The van der Waals surface area contributed by atoms with Crippen LogP contribution in [0.5, 0.6) is 0 Å². The van der Waals surface area contributed by atoms with Crippen molar-refractivity contribution < 1.29 is 9.59 Å². The second-order valence-electron chi connectivity index (χ2n) is 6.82. The fourth-order valence-electron chi connectivity index (χ4n) is 3.31. The van der Waals surface area contributed by atoms with Crippen LogP contribution in [-0.2, 0) is 6.54 Å². The molecule has 0 aliphatic carbocycles. The molecule has 1 aliphatic rings. The van der Waals surface area contributed by atoms with Gasteiger partial charge in [-0.2, -0.15) is 0 Å². The summed E-state index contributed by atoms with van der Waals surface area (Å²) in [7, 11) is 1.78. The molecule has 0 bridgehead atoms. The summed E-state index contributed by atoms with van der Waals surface area (Å²) in [5, 5.41) is 0. The van der Waals surface area contributed by atoms with Gasteiger partial charge in [0.15, 0.2) is 0 Å². The van der Waals surface area contributed by atoms with Gasteiger partial charge in [0.05, 0.1) is 0 Å². The normalized spacial score (nSPS) is 14.1. The van der Waals surface area contributed by atoms with E-state index in [2.05, 4.69) is 29.2 Å². The molecule has 2 amide bonds. The minimum absolute atomic E-state index is 0.0823. The molecule has 0 saturated carbocycles. The van der Waals surface area contributed by atoms with Crippen LogP contribution < -0.4 is 10.6 Å². The molecule has 0 spiro atoms. The summed E-state index contributed by atoms with van der Waals surface area (Å²) in [6, 6.07) is 14.9. The first-order valence-corrected chi connectivity index (χ1v) is 9.04. The summed E-state index contributed by atoms with van der Waals surface area (Å²) in [6.45, 7) is 2.79. The summed E-state index contributed by atoms with van der Waals surface area (Å²) < 4.78 is 0. The van der Waals surface area contributed by atoms with E-state index in [-0.39, 0.29) is 5.91 Å². The van der Waals surface area contributed by atoms with E-state index < -0.39 is 5.91 Å². The van der Waals surface area contributed by atoms with Crippen molar-refractivity contribution in [3.05, 3.63) is 65.2 Å². The highest BCUT2D eigenvalue weighted by Gasteiger charge is 2.14. The highest BCUT2D eigenvalue weighted by atomic mass is 16.2. The van der Waals surface area contributed by atoms with E-state index in [1.807, 2.05) is 0 Å². The first-order valence-electron chi connectivity index (χ1n) is 9.04. The van der Waals surface area contributed by atoms with Crippen molar-refractivity contribution >= 4 is 17.5 Å². The number of hydrogen-bond acceptors (Lipinski definition) is 3. The van der Waals surface area contributed by atoms with Crippen LogP contribution in [0.2, 0.25) is 0 Å². The zero-order valence-corrected chi connectivity index (χ0v) is 15.1. The van der Waals surface area contributed by atoms with E-state index >= 15 is 0 Å². The van der Waals surface area contributed by atoms with Crippen LogP contribution in [0.25, 0.3) is 0 Å². The Balaban J connectivity index is 1.62. The van der Waals surface area contributed by atoms with Gasteiger partial charge in [0.2, 0.25) is 5.91 Å². The molecular formula is C21H25N3O2. The monoisotopic (exact) mass is 351 g/mol. The molecule has 26 heavy (non-hydrogen) atoms. The molecule has 1 heterocycles. The summed E-state index contributed by atoms with van der Waals surface area (Å²) >= 11 is 0. The number of nitrogens with two attached hydrogens (primary N) is 1. The molecule has 136 valence electrons. The SMILES string of the molecule is CN(Cc1ccc(N2CCCCC2)cc1)C(=O)c1ccc(C(N)=O)cc1. The van der Waals surface area contributed by atoms with Gasteiger partial charge < -0.3 is 15.5 Å². The molecule has 0 radical (unpaired) electrons. The third kappa shape index (κ3) is 4.23. The lowest BCUT2D eigenvalue weighted by atomic mass is 10.1. The largest absolute Gasteiger partial charge is 0.372 e. The van der Waals surface area contributed by atoms with Crippen molar-refractivity contribution in [2.24, 2.45) is 5.73 Å². The van der Waals surface area contributed by atoms with E-state index in [9.17, 15) is 9.59 Å². The Labute approximate surface area is 154 Å². The smallest absolute Gasteiger partial charge is 0.253 e. The third-order valence-electron chi connectivity index (χ3n) is 4.84. The lowest BCUT2D eigenvalue weighted by Gasteiger charge is -2.29. The topological polar surface area (TPSA) is 66.6 Å².